The van der Waals surface area contributed by atoms with Crippen LogP contribution in [0.1, 0.15) is 52.5 Å². The Morgan fingerprint density at radius 2 is 1.55 bits per heavy atom. The molecule has 0 fully saturated rings. The summed E-state index contributed by atoms with van der Waals surface area (Å²) in [5.74, 6) is 2.99. The zero-order valence-corrected chi connectivity index (χ0v) is 13.8. The molecule has 112 valence electrons. The molecule has 3 unspecified atom stereocenters. The number of hydrogen-bond acceptors (Lipinski definition) is 0. The van der Waals surface area contributed by atoms with Crippen molar-refractivity contribution in [1.29, 1.82) is 0 Å². The van der Waals surface area contributed by atoms with E-state index in [1.807, 2.05) is 0 Å². The van der Waals surface area contributed by atoms with Gasteiger partial charge in [0.15, 0.2) is 0 Å². The van der Waals surface area contributed by atoms with E-state index in [9.17, 15) is 0 Å². The summed E-state index contributed by atoms with van der Waals surface area (Å²) >= 11 is 0. The Hall–Kier alpha value is -1.04. The van der Waals surface area contributed by atoms with Gasteiger partial charge in [-0.2, -0.15) is 0 Å². The van der Waals surface area contributed by atoms with E-state index >= 15 is 0 Å². The minimum absolute atomic E-state index is 0.603. The molecule has 0 aromatic heterocycles. The fraction of sp³-hybridized carbons (Fsp3) is 0.600. The average Bonchev–Trinajstić information content (AvgIpc) is 2.45. The summed E-state index contributed by atoms with van der Waals surface area (Å²) in [5, 5.41) is 0. The quantitative estimate of drug-likeness (QED) is 0.474. The SMILES string of the molecule is C=CC(Cc1ccccc1)C(C)CCCC(C)C(C)C. The molecule has 0 nitrogen and oxygen atoms in total. The average molecular weight is 272 g/mol. The molecule has 0 aliphatic heterocycles. The van der Waals surface area contributed by atoms with Crippen molar-refractivity contribution in [1.82, 2.24) is 0 Å². The van der Waals surface area contributed by atoms with E-state index in [1.54, 1.807) is 0 Å². The normalized spacial score (nSPS) is 15.8. The standard InChI is InChI=1S/C20H32/c1-6-20(15-19-13-8-7-9-14-19)18(5)12-10-11-17(4)16(2)3/h6-9,13-14,16-18,20H,1,10-12,15H2,2-5H3. The van der Waals surface area contributed by atoms with Gasteiger partial charge in [0.05, 0.1) is 0 Å². The summed E-state index contributed by atoms with van der Waals surface area (Å²) in [7, 11) is 0. The highest BCUT2D eigenvalue weighted by Crippen LogP contribution is 2.25. The zero-order chi connectivity index (χ0) is 15.0. The van der Waals surface area contributed by atoms with Crippen LogP contribution in [0.5, 0.6) is 0 Å². The smallest absolute Gasteiger partial charge is 0.0170 e. The summed E-state index contributed by atoms with van der Waals surface area (Å²) in [5.41, 5.74) is 1.43. The Morgan fingerprint density at radius 1 is 0.950 bits per heavy atom. The van der Waals surface area contributed by atoms with Crippen LogP contribution >= 0.6 is 0 Å². The minimum Gasteiger partial charge on any atom is -0.103 e. The fourth-order valence-electron chi connectivity index (χ4n) is 2.71. The minimum atomic E-state index is 0.603. The lowest BCUT2D eigenvalue weighted by Gasteiger charge is -2.22. The molecule has 0 aliphatic rings. The molecule has 0 heteroatoms. The van der Waals surface area contributed by atoms with Crippen LogP contribution in [0.25, 0.3) is 0 Å². The maximum absolute atomic E-state index is 4.05. The lowest BCUT2D eigenvalue weighted by atomic mass is 9.83. The maximum Gasteiger partial charge on any atom is -0.0170 e. The molecule has 0 amide bonds. The van der Waals surface area contributed by atoms with E-state index in [0.29, 0.717) is 5.92 Å². The molecule has 0 bridgehead atoms. The van der Waals surface area contributed by atoms with Gasteiger partial charge in [0.2, 0.25) is 0 Å². The van der Waals surface area contributed by atoms with E-state index in [4.69, 9.17) is 0 Å². The molecule has 0 aliphatic carbocycles. The molecule has 0 N–H and O–H groups in total. The summed E-state index contributed by atoms with van der Waals surface area (Å²) in [6, 6.07) is 10.8. The van der Waals surface area contributed by atoms with E-state index < -0.39 is 0 Å². The first-order chi connectivity index (χ1) is 9.54. The predicted octanol–water partition coefficient (Wildman–Crippen LogP) is 6.13. The molecule has 0 radical (unpaired) electrons. The first-order valence-electron chi connectivity index (χ1n) is 8.21. The lowest BCUT2D eigenvalue weighted by molar-refractivity contribution is 0.334. The Balaban J connectivity index is 2.39. The van der Waals surface area contributed by atoms with Crippen molar-refractivity contribution in [2.24, 2.45) is 23.7 Å². The van der Waals surface area contributed by atoms with Gasteiger partial charge in [-0.3, -0.25) is 0 Å². The summed E-state index contributed by atoms with van der Waals surface area (Å²) in [6.45, 7) is 13.5. The van der Waals surface area contributed by atoms with Gasteiger partial charge in [-0.1, -0.05) is 83.4 Å². The van der Waals surface area contributed by atoms with Crippen molar-refractivity contribution in [2.75, 3.05) is 0 Å². The Kier molecular flexibility index (Phi) is 7.65. The van der Waals surface area contributed by atoms with Gasteiger partial charge in [-0.25, -0.2) is 0 Å². The van der Waals surface area contributed by atoms with Crippen molar-refractivity contribution in [3.05, 3.63) is 48.6 Å². The van der Waals surface area contributed by atoms with Crippen molar-refractivity contribution < 1.29 is 0 Å². The van der Waals surface area contributed by atoms with Crippen LogP contribution in [0, 0.1) is 23.7 Å². The third-order valence-electron chi connectivity index (χ3n) is 4.80. The molecule has 1 aromatic rings. The van der Waals surface area contributed by atoms with Crippen LogP contribution in [0.3, 0.4) is 0 Å². The Labute approximate surface area is 126 Å². The van der Waals surface area contributed by atoms with Crippen LogP contribution in [-0.2, 0) is 6.42 Å². The molecule has 3 atom stereocenters. The van der Waals surface area contributed by atoms with E-state index in [-0.39, 0.29) is 0 Å². The second-order valence-corrected chi connectivity index (χ2v) is 6.72. The van der Waals surface area contributed by atoms with Crippen molar-refractivity contribution in [3.8, 4) is 0 Å². The van der Waals surface area contributed by atoms with E-state index in [2.05, 4.69) is 70.7 Å². The maximum atomic E-state index is 4.05. The third-order valence-corrected chi connectivity index (χ3v) is 4.80. The molecule has 0 saturated carbocycles. The van der Waals surface area contributed by atoms with E-state index in [1.165, 1.54) is 24.8 Å². The van der Waals surface area contributed by atoms with Gasteiger partial charge in [-0.15, -0.1) is 6.58 Å². The van der Waals surface area contributed by atoms with Crippen molar-refractivity contribution in [3.63, 3.8) is 0 Å². The van der Waals surface area contributed by atoms with Crippen LogP contribution in [0.15, 0.2) is 43.0 Å². The van der Waals surface area contributed by atoms with Crippen molar-refractivity contribution in [2.45, 2.75) is 53.4 Å². The molecule has 1 aromatic carbocycles. The van der Waals surface area contributed by atoms with Gasteiger partial charge in [-0.05, 0) is 35.7 Å². The van der Waals surface area contributed by atoms with Crippen LogP contribution in [0.2, 0.25) is 0 Å². The lowest BCUT2D eigenvalue weighted by Crippen LogP contribution is -2.13. The largest absolute Gasteiger partial charge is 0.103 e. The number of rotatable bonds is 9. The Bertz CT molecular complexity index is 363. The summed E-state index contributed by atoms with van der Waals surface area (Å²) in [4.78, 5) is 0. The molecule has 20 heavy (non-hydrogen) atoms. The fourth-order valence-corrected chi connectivity index (χ4v) is 2.71. The molecule has 1 rings (SSSR count). The number of hydrogen-bond donors (Lipinski definition) is 0. The van der Waals surface area contributed by atoms with E-state index in [0.717, 1.165) is 24.2 Å². The van der Waals surface area contributed by atoms with Gasteiger partial charge in [0, 0.05) is 0 Å². The number of benzene rings is 1. The second kappa shape index (κ2) is 9.00. The van der Waals surface area contributed by atoms with Gasteiger partial charge in [0.1, 0.15) is 0 Å². The molecular formula is C20H32. The first-order valence-corrected chi connectivity index (χ1v) is 8.21. The second-order valence-electron chi connectivity index (χ2n) is 6.72. The number of allylic oxidation sites excluding steroid dienone is 1. The van der Waals surface area contributed by atoms with Crippen LogP contribution < -0.4 is 0 Å². The van der Waals surface area contributed by atoms with Crippen LogP contribution in [0.4, 0.5) is 0 Å². The monoisotopic (exact) mass is 272 g/mol. The van der Waals surface area contributed by atoms with Gasteiger partial charge in [0.25, 0.3) is 0 Å². The molecule has 0 heterocycles. The van der Waals surface area contributed by atoms with Crippen LogP contribution in [-0.4, -0.2) is 0 Å². The summed E-state index contributed by atoms with van der Waals surface area (Å²) < 4.78 is 0. The highest BCUT2D eigenvalue weighted by atomic mass is 14.2. The first kappa shape index (κ1) is 17.0. The highest BCUT2D eigenvalue weighted by molar-refractivity contribution is 5.16. The van der Waals surface area contributed by atoms with Gasteiger partial charge < -0.3 is 0 Å². The topological polar surface area (TPSA) is 0 Å². The Morgan fingerprint density at radius 3 is 2.10 bits per heavy atom. The third kappa shape index (κ3) is 5.94. The molecular weight excluding hydrogens is 240 g/mol. The van der Waals surface area contributed by atoms with Crippen molar-refractivity contribution >= 4 is 0 Å². The predicted molar refractivity (Wildman–Crippen MR) is 90.9 cm³/mol. The summed E-state index contributed by atoms with van der Waals surface area (Å²) in [6.07, 6.45) is 7.31. The highest BCUT2D eigenvalue weighted by Gasteiger charge is 2.15. The zero-order valence-electron chi connectivity index (χ0n) is 13.8. The molecule has 0 spiro atoms. The molecule has 0 saturated heterocycles. The van der Waals surface area contributed by atoms with Gasteiger partial charge >= 0.3 is 0 Å².